The zero-order valence-electron chi connectivity index (χ0n) is 12.1. The van der Waals surface area contributed by atoms with Crippen molar-refractivity contribution < 1.29 is 14.6 Å². The Hall–Kier alpha value is -1.39. The van der Waals surface area contributed by atoms with Crippen LogP contribution in [0.15, 0.2) is 24.3 Å². The Labute approximate surface area is 114 Å². The van der Waals surface area contributed by atoms with E-state index < -0.39 is 5.97 Å². The topological polar surface area (TPSA) is 58.6 Å². The average Bonchev–Trinajstić information content (AvgIpc) is 2.33. The van der Waals surface area contributed by atoms with Gasteiger partial charge in [0.2, 0.25) is 0 Å². The van der Waals surface area contributed by atoms with Gasteiger partial charge in [-0.25, -0.2) is 4.79 Å². The molecule has 0 aliphatic carbocycles. The largest absolute Gasteiger partial charge is 0.478 e. The maximum absolute atomic E-state index is 10.7. The van der Waals surface area contributed by atoms with Crippen molar-refractivity contribution in [2.75, 3.05) is 13.7 Å². The number of rotatable bonds is 6. The quantitative estimate of drug-likeness (QED) is 0.830. The number of aromatic carboxylic acids is 1. The van der Waals surface area contributed by atoms with Gasteiger partial charge in [-0.2, -0.15) is 0 Å². The maximum atomic E-state index is 10.7. The summed E-state index contributed by atoms with van der Waals surface area (Å²) in [6.45, 7) is 7.90. The molecule has 1 atom stereocenters. The van der Waals surface area contributed by atoms with E-state index in [1.54, 1.807) is 19.2 Å². The highest BCUT2D eigenvalue weighted by atomic mass is 16.5. The van der Waals surface area contributed by atoms with Crippen LogP contribution in [-0.2, 0) is 11.3 Å². The van der Waals surface area contributed by atoms with Crippen molar-refractivity contribution >= 4 is 5.97 Å². The Balaban J connectivity index is 2.47. The van der Waals surface area contributed by atoms with Crippen LogP contribution in [0.4, 0.5) is 0 Å². The molecule has 2 N–H and O–H groups in total. The van der Waals surface area contributed by atoms with E-state index in [4.69, 9.17) is 9.84 Å². The lowest BCUT2D eigenvalue weighted by Crippen LogP contribution is -2.37. The van der Waals surface area contributed by atoms with E-state index in [0.29, 0.717) is 12.1 Å². The molecule has 1 unspecified atom stereocenters. The molecule has 0 saturated carbocycles. The molecule has 19 heavy (non-hydrogen) atoms. The molecule has 4 nitrogen and oxygen atoms in total. The molecule has 0 heterocycles. The van der Waals surface area contributed by atoms with Gasteiger partial charge in [-0.15, -0.1) is 0 Å². The van der Waals surface area contributed by atoms with Crippen LogP contribution >= 0.6 is 0 Å². The van der Waals surface area contributed by atoms with Crippen molar-refractivity contribution in [3.05, 3.63) is 35.4 Å². The van der Waals surface area contributed by atoms with Crippen molar-refractivity contribution in [2.45, 2.75) is 33.4 Å². The second-order valence-electron chi connectivity index (χ2n) is 5.72. The lowest BCUT2D eigenvalue weighted by atomic mass is 9.89. The monoisotopic (exact) mass is 265 g/mol. The lowest BCUT2D eigenvalue weighted by Gasteiger charge is -2.29. The van der Waals surface area contributed by atoms with Crippen molar-refractivity contribution in [2.24, 2.45) is 5.41 Å². The minimum absolute atomic E-state index is 0.0922. The molecule has 0 bridgehead atoms. The number of methoxy groups -OCH3 is 1. The minimum Gasteiger partial charge on any atom is -0.478 e. The Morgan fingerprint density at radius 3 is 2.32 bits per heavy atom. The van der Waals surface area contributed by atoms with Crippen LogP contribution in [0, 0.1) is 5.41 Å². The number of carboxylic acids is 1. The SMILES string of the molecule is COC(CNCc1ccc(C(=O)O)cc1)C(C)(C)C. The van der Waals surface area contributed by atoms with Crippen molar-refractivity contribution in [3.8, 4) is 0 Å². The van der Waals surface area contributed by atoms with E-state index in [1.165, 1.54) is 0 Å². The van der Waals surface area contributed by atoms with E-state index in [2.05, 4.69) is 26.1 Å². The third kappa shape index (κ3) is 5.01. The number of hydrogen-bond donors (Lipinski definition) is 2. The van der Waals surface area contributed by atoms with Gasteiger partial charge in [0.25, 0.3) is 0 Å². The molecule has 1 rings (SSSR count). The Kier molecular flexibility index (Phi) is 5.51. The number of carbonyl (C=O) groups is 1. The van der Waals surface area contributed by atoms with Crippen LogP contribution in [0.2, 0.25) is 0 Å². The zero-order valence-corrected chi connectivity index (χ0v) is 12.1. The summed E-state index contributed by atoms with van der Waals surface area (Å²) >= 11 is 0. The molecule has 4 heteroatoms. The van der Waals surface area contributed by atoms with Gasteiger partial charge in [-0.05, 0) is 23.1 Å². The maximum Gasteiger partial charge on any atom is 0.335 e. The molecule has 0 fully saturated rings. The van der Waals surface area contributed by atoms with Gasteiger partial charge in [-0.3, -0.25) is 0 Å². The summed E-state index contributed by atoms with van der Waals surface area (Å²) in [5.74, 6) is -0.897. The molecular weight excluding hydrogens is 242 g/mol. The Morgan fingerprint density at radius 2 is 1.89 bits per heavy atom. The van der Waals surface area contributed by atoms with Gasteiger partial charge in [0, 0.05) is 20.2 Å². The molecule has 0 amide bonds. The fourth-order valence-electron chi connectivity index (χ4n) is 1.86. The van der Waals surface area contributed by atoms with Gasteiger partial charge >= 0.3 is 5.97 Å². The highest BCUT2D eigenvalue weighted by molar-refractivity contribution is 5.87. The first-order valence-corrected chi connectivity index (χ1v) is 6.40. The number of hydrogen-bond acceptors (Lipinski definition) is 3. The van der Waals surface area contributed by atoms with Gasteiger partial charge in [0.15, 0.2) is 0 Å². The Bertz CT molecular complexity index is 406. The molecule has 0 radical (unpaired) electrons. The van der Waals surface area contributed by atoms with Crippen LogP contribution in [0.1, 0.15) is 36.7 Å². The second kappa shape index (κ2) is 6.68. The molecule has 106 valence electrons. The standard InChI is InChI=1S/C15H23NO3/c1-15(2,3)13(19-4)10-16-9-11-5-7-12(8-6-11)14(17)18/h5-8,13,16H,9-10H2,1-4H3,(H,17,18). The minimum atomic E-state index is -0.897. The molecule has 0 aliphatic rings. The molecule has 0 spiro atoms. The molecular formula is C15H23NO3. The third-order valence-corrected chi connectivity index (χ3v) is 3.11. The summed E-state index contributed by atoms with van der Waals surface area (Å²) in [5, 5.41) is 12.1. The van der Waals surface area contributed by atoms with Crippen molar-refractivity contribution in [1.29, 1.82) is 0 Å². The lowest BCUT2D eigenvalue weighted by molar-refractivity contribution is 0.0173. The van der Waals surface area contributed by atoms with Crippen LogP contribution in [0.5, 0.6) is 0 Å². The first kappa shape index (κ1) is 15.7. The van der Waals surface area contributed by atoms with Gasteiger partial charge in [0.1, 0.15) is 0 Å². The molecule has 0 saturated heterocycles. The number of ether oxygens (including phenoxy) is 1. The summed E-state index contributed by atoms with van der Waals surface area (Å²) in [6.07, 6.45) is 0.144. The van der Waals surface area contributed by atoms with E-state index in [0.717, 1.165) is 12.1 Å². The van der Waals surface area contributed by atoms with Crippen molar-refractivity contribution in [3.63, 3.8) is 0 Å². The first-order valence-electron chi connectivity index (χ1n) is 6.40. The van der Waals surface area contributed by atoms with E-state index >= 15 is 0 Å². The number of nitrogens with one attached hydrogen (secondary N) is 1. The summed E-state index contributed by atoms with van der Waals surface area (Å²) < 4.78 is 5.46. The zero-order chi connectivity index (χ0) is 14.5. The summed E-state index contributed by atoms with van der Waals surface area (Å²) in [4.78, 5) is 10.7. The highest BCUT2D eigenvalue weighted by Gasteiger charge is 2.23. The van der Waals surface area contributed by atoms with Gasteiger partial charge in [-0.1, -0.05) is 32.9 Å². The Morgan fingerprint density at radius 1 is 1.32 bits per heavy atom. The fraction of sp³-hybridized carbons (Fsp3) is 0.533. The smallest absolute Gasteiger partial charge is 0.335 e. The van der Waals surface area contributed by atoms with Crippen LogP contribution in [0.3, 0.4) is 0 Å². The molecule has 0 aliphatic heterocycles. The van der Waals surface area contributed by atoms with E-state index in [9.17, 15) is 4.79 Å². The second-order valence-corrected chi connectivity index (χ2v) is 5.72. The van der Waals surface area contributed by atoms with Gasteiger partial charge < -0.3 is 15.2 Å². The summed E-state index contributed by atoms with van der Waals surface area (Å²) in [7, 11) is 1.72. The fourth-order valence-corrected chi connectivity index (χ4v) is 1.86. The van der Waals surface area contributed by atoms with Gasteiger partial charge in [0.05, 0.1) is 11.7 Å². The third-order valence-electron chi connectivity index (χ3n) is 3.11. The van der Waals surface area contributed by atoms with E-state index in [1.807, 2.05) is 12.1 Å². The van der Waals surface area contributed by atoms with E-state index in [-0.39, 0.29) is 11.5 Å². The number of carboxylic acid groups (broad SMARTS) is 1. The number of benzene rings is 1. The van der Waals surface area contributed by atoms with Crippen LogP contribution in [0.25, 0.3) is 0 Å². The predicted octanol–water partition coefficient (Wildman–Crippen LogP) is 2.54. The average molecular weight is 265 g/mol. The molecule has 1 aromatic rings. The molecule has 1 aromatic carbocycles. The summed E-state index contributed by atoms with van der Waals surface area (Å²) in [6, 6.07) is 6.90. The summed E-state index contributed by atoms with van der Waals surface area (Å²) in [5.41, 5.74) is 1.47. The normalized spacial score (nSPS) is 13.3. The predicted molar refractivity (Wildman–Crippen MR) is 75.4 cm³/mol. The van der Waals surface area contributed by atoms with Crippen molar-refractivity contribution in [1.82, 2.24) is 5.32 Å². The highest BCUT2D eigenvalue weighted by Crippen LogP contribution is 2.21. The van der Waals surface area contributed by atoms with Crippen LogP contribution < -0.4 is 5.32 Å². The molecule has 0 aromatic heterocycles. The first-order chi connectivity index (χ1) is 8.84. The van der Waals surface area contributed by atoms with Crippen LogP contribution in [-0.4, -0.2) is 30.8 Å².